The molecule has 2 rings (SSSR count). The lowest BCUT2D eigenvalue weighted by Crippen LogP contribution is -2.24. The molecule has 0 bridgehead atoms. The molecule has 0 spiro atoms. The summed E-state index contributed by atoms with van der Waals surface area (Å²) < 4.78 is 16.6. The Morgan fingerprint density at radius 2 is 1.97 bits per heavy atom. The molecular formula is C21H22ClN3O4. The van der Waals surface area contributed by atoms with E-state index in [1.165, 1.54) is 6.21 Å². The van der Waals surface area contributed by atoms with Crippen LogP contribution in [0.4, 0.5) is 0 Å². The Hall–Kier alpha value is -3.24. The van der Waals surface area contributed by atoms with Gasteiger partial charge in [0.25, 0.3) is 5.91 Å². The van der Waals surface area contributed by atoms with Gasteiger partial charge in [-0.3, -0.25) is 4.79 Å². The number of carbonyl (C=O) groups excluding carboxylic acids is 1. The normalized spacial score (nSPS) is 10.4. The van der Waals surface area contributed by atoms with E-state index in [9.17, 15) is 4.79 Å². The van der Waals surface area contributed by atoms with Crippen molar-refractivity contribution in [2.45, 2.75) is 20.3 Å². The fraction of sp³-hybridized carbons (Fsp3) is 0.286. The number of hydrogen-bond acceptors (Lipinski definition) is 6. The van der Waals surface area contributed by atoms with Crippen LogP contribution in [0, 0.1) is 11.3 Å². The van der Waals surface area contributed by atoms with E-state index < -0.39 is 5.91 Å². The molecule has 0 heterocycles. The molecule has 2 aromatic carbocycles. The SMILES string of the molecule is CCCOc1c(Cl)cc(/C=N\NC(=O)COc2ccc(C#N)cc2)cc1OCC. The number of rotatable bonds is 10. The van der Waals surface area contributed by atoms with Gasteiger partial charge in [-0.1, -0.05) is 18.5 Å². The lowest BCUT2D eigenvalue weighted by atomic mass is 10.2. The summed E-state index contributed by atoms with van der Waals surface area (Å²) in [4.78, 5) is 11.9. The van der Waals surface area contributed by atoms with Crippen LogP contribution in [0.25, 0.3) is 0 Å². The maximum atomic E-state index is 11.9. The van der Waals surface area contributed by atoms with Gasteiger partial charge in [-0.05, 0) is 55.3 Å². The Morgan fingerprint density at radius 3 is 2.62 bits per heavy atom. The molecule has 152 valence electrons. The number of ether oxygens (including phenoxy) is 3. The molecule has 0 aliphatic carbocycles. The molecular weight excluding hydrogens is 394 g/mol. The van der Waals surface area contributed by atoms with Crippen LogP contribution in [0.3, 0.4) is 0 Å². The number of benzene rings is 2. The summed E-state index contributed by atoms with van der Waals surface area (Å²) in [5.74, 6) is 1.07. The van der Waals surface area contributed by atoms with E-state index >= 15 is 0 Å². The van der Waals surface area contributed by atoms with Gasteiger partial charge in [0.15, 0.2) is 18.1 Å². The van der Waals surface area contributed by atoms with Crippen LogP contribution in [0.5, 0.6) is 17.2 Å². The van der Waals surface area contributed by atoms with Crippen molar-refractivity contribution in [2.24, 2.45) is 5.10 Å². The van der Waals surface area contributed by atoms with Crippen molar-refractivity contribution in [1.82, 2.24) is 5.43 Å². The zero-order valence-corrected chi connectivity index (χ0v) is 17.0. The van der Waals surface area contributed by atoms with Gasteiger partial charge >= 0.3 is 0 Å². The summed E-state index contributed by atoms with van der Waals surface area (Å²) in [5, 5.41) is 13.1. The molecule has 7 nitrogen and oxygen atoms in total. The zero-order valence-electron chi connectivity index (χ0n) is 16.3. The number of amides is 1. The summed E-state index contributed by atoms with van der Waals surface area (Å²) in [7, 11) is 0. The van der Waals surface area contributed by atoms with Crippen LogP contribution in [-0.2, 0) is 4.79 Å². The Morgan fingerprint density at radius 1 is 1.21 bits per heavy atom. The van der Waals surface area contributed by atoms with Crippen LogP contribution in [0.2, 0.25) is 5.02 Å². The summed E-state index contributed by atoms with van der Waals surface area (Å²) in [6, 6.07) is 11.9. The number of hydrogen-bond donors (Lipinski definition) is 1. The molecule has 0 unspecified atom stereocenters. The van der Waals surface area contributed by atoms with Gasteiger partial charge in [-0.2, -0.15) is 10.4 Å². The van der Waals surface area contributed by atoms with E-state index in [0.29, 0.717) is 46.6 Å². The van der Waals surface area contributed by atoms with Gasteiger partial charge in [-0.25, -0.2) is 5.43 Å². The lowest BCUT2D eigenvalue weighted by Gasteiger charge is -2.13. The van der Waals surface area contributed by atoms with Gasteiger partial charge < -0.3 is 14.2 Å². The van der Waals surface area contributed by atoms with E-state index in [4.69, 9.17) is 31.1 Å². The maximum absolute atomic E-state index is 11.9. The molecule has 0 aliphatic rings. The zero-order chi connectivity index (χ0) is 21.1. The van der Waals surface area contributed by atoms with Gasteiger partial charge in [0.05, 0.1) is 36.1 Å². The van der Waals surface area contributed by atoms with Crippen LogP contribution in [0.15, 0.2) is 41.5 Å². The number of nitriles is 1. The topological polar surface area (TPSA) is 92.9 Å². The molecule has 0 radical (unpaired) electrons. The molecule has 0 atom stereocenters. The molecule has 8 heteroatoms. The largest absolute Gasteiger partial charge is 0.490 e. The van der Waals surface area contributed by atoms with Crippen LogP contribution in [0.1, 0.15) is 31.4 Å². The number of hydrazone groups is 1. The first-order valence-electron chi connectivity index (χ1n) is 9.11. The van der Waals surface area contributed by atoms with E-state index in [0.717, 1.165) is 6.42 Å². The van der Waals surface area contributed by atoms with Crippen molar-refractivity contribution in [1.29, 1.82) is 5.26 Å². The first-order chi connectivity index (χ1) is 14.1. The number of halogens is 1. The van der Waals surface area contributed by atoms with Gasteiger partial charge in [0, 0.05) is 0 Å². The number of carbonyl (C=O) groups is 1. The maximum Gasteiger partial charge on any atom is 0.277 e. The highest BCUT2D eigenvalue weighted by Gasteiger charge is 2.12. The Labute approximate surface area is 174 Å². The molecule has 0 aromatic heterocycles. The smallest absolute Gasteiger partial charge is 0.277 e. The number of nitrogens with zero attached hydrogens (tertiary/aromatic N) is 2. The van der Waals surface area contributed by atoms with E-state index in [2.05, 4.69) is 10.5 Å². The average Bonchev–Trinajstić information content (AvgIpc) is 2.72. The van der Waals surface area contributed by atoms with Crippen LogP contribution in [-0.4, -0.2) is 31.9 Å². The van der Waals surface area contributed by atoms with Crippen molar-refractivity contribution in [3.8, 4) is 23.3 Å². The lowest BCUT2D eigenvalue weighted by molar-refractivity contribution is -0.123. The van der Waals surface area contributed by atoms with E-state index in [-0.39, 0.29) is 6.61 Å². The molecule has 0 saturated heterocycles. The predicted molar refractivity (Wildman–Crippen MR) is 111 cm³/mol. The van der Waals surface area contributed by atoms with Gasteiger partial charge in [0.1, 0.15) is 5.75 Å². The molecule has 0 fully saturated rings. The third-order valence-electron chi connectivity index (χ3n) is 3.54. The fourth-order valence-electron chi connectivity index (χ4n) is 2.26. The van der Waals surface area contributed by atoms with Gasteiger partial charge in [-0.15, -0.1) is 0 Å². The fourth-order valence-corrected chi connectivity index (χ4v) is 2.53. The molecule has 0 saturated carbocycles. The van der Waals surface area contributed by atoms with E-state index in [1.54, 1.807) is 36.4 Å². The summed E-state index contributed by atoms with van der Waals surface area (Å²) >= 11 is 6.29. The van der Waals surface area contributed by atoms with Gasteiger partial charge in [0.2, 0.25) is 0 Å². The van der Waals surface area contributed by atoms with Crippen molar-refractivity contribution >= 4 is 23.7 Å². The average molecular weight is 416 g/mol. The first-order valence-corrected chi connectivity index (χ1v) is 9.49. The van der Waals surface area contributed by atoms with Crippen molar-refractivity contribution in [2.75, 3.05) is 19.8 Å². The molecule has 29 heavy (non-hydrogen) atoms. The predicted octanol–water partition coefficient (Wildman–Crippen LogP) is 3.93. The quantitative estimate of drug-likeness (QED) is 0.468. The second-order valence-electron chi connectivity index (χ2n) is 5.83. The van der Waals surface area contributed by atoms with Crippen LogP contribution < -0.4 is 19.6 Å². The third kappa shape index (κ3) is 7.01. The van der Waals surface area contributed by atoms with Crippen molar-refractivity contribution in [3.05, 3.63) is 52.5 Å². The first kappa shape index (κ1) is 22.1. The van der Waals surface area contributed by atoms with Crippen LogP contribution >= 0.6 is 11.6 Å². The second-order valence-corrected chi connectivity index (χ2v) is 6.24. The minimum absolute atomic E-state index is 0.210. The molecule has 2 aromatic rings. The van der Waals surface area contributed by atoms with E-state index in [1.807, 2.05) is 19.9 Å². The Bertz CT molecular complexity index is 892. The molecule has 1 amide bonds. The minimum Gasteiger partial charge on any atom is -0.490 e. The molecule has 0 aliphatic heterocycles. The Kier molecular flexibility index (Phi) is 8.80. The monoisotopic (exact) mass is 415 g/mol. The summed E-state index contributed by atoms with van der Waals surface area (Å²) in [5.41, 5.74) is 3.55. The highest BCUT2D eigenvalue weighted by molar-refractivity contribution is 6.32. The number of nitrogens with one attached hydrogen (secondary N) is 1. The van der Waals surface area contributed by atoms with Crippen molar-refractivity contribution < 1.29 is 19.0 Å². The second kappa shape index (κ2) is 11.6. The Balaban J connectivity index is 1.94. The summed E-state index contributed by atoms with van der Waals surface area (Å²) in [6.45, 7) is 4.65. The highest BCUT2D eigenvalue weighted by Crippen LogP contribution is 2.36. The summed E-state index contributed by atoms with van der Waals surface area (Å²) in [6.07, 6.45) is 2.30. The third-order valence-corrected chi connectivity index (χ3v) is 3.82. The molecule has 1 N–H and O–H groups in total. The minimum atomic E-state index is -0.426. The standard InChI is InChI=1S/C21H22ClN3O4/c1-3-9-28-21-18(22)10-16(11-19(21)27-4-2)13-24-25-20(26)14-29-17-7-5-15(12-23)6-8-17/h5-8,10-11,13H,3-4,9,14H2,1-2H3,(H,25,26)/b24-13-. The van der Waals surface area contributed by atoms with Crippen molar-refractivity contribution in [3.63, 3.8) is 0 Å². The highest BCUT2D eigenvalue weighted by atomic mass is 35.5.